The Labute approximate surface area is 122 Å². The molecule has 2 aromatic rings. The number of thiophene rings is 1. The van der Waals surface area contributed by atoms with Gasteiger partial charge in [0, 0.05) is 10.9 Å². The molecule has 2 rings (SSSR count). The summed E-state index contributed by atoms with van der Waals surface area (Å²) >= 11 is 6.45. The number of sulfonamides is 1. The van der Waals surface area contributed by atoms with Crippen molar-refractivity contribution in [3.8, 4) is 0 Å². The third kappa shape index (κ3) is 3.09. The normalized spacial score (nSPS) is 11.6. The summed E-state index contributed by atoms with van der Waals surface area (Å²) in [5.41, 5.74) is -0.521. The predicted octanol–water partition coefficient (Wildman–Crippen LogP) is 2.97. The Bertz CT molecular complexity index is 723. The number of halogens is 3. The number of anilines is 1. The van der Waals surface area contributed by atoms with Gasteiger partial charge < -0.3 is 5.11 Å². The Morgan fingerprint density at radius 2 is 2.00 bits per heavy atom. The molecule has 0 unspecified atom stereocenters. The van der Waals surface area contributed by atoms with Crippen LogP contribution in [0.5, 0.6) is 0 Å². The van der Waals surface area contributed by atoms with E-state index in [0.29, 0.717) is 10.9 Å². The quantitative estimate of drug-likeness (QED) is 0.900. The number of hydrogen-bond donors (Lipinski definition) is 2. The largest absolute Gasteiger partial charge is 0.391 e. The summed E-state index contributed by atoms with van der Waals surface area (Å²) in [4.78, 5) is 0.441. The van der Waals surface area contributed by atoms with Crippen LogP contribution in [0.1, 0.15) is 4.88 Å². The van der Waals surface area contributed by atoms with Gasteiger partial charge in [-0.05, 0) is 18.2 Å². The summed E-state index contributed by atoms with van der Waals surface area (Å²) in [6.45, 7) is -0.300. The van der Waals surface area contributed by atoms with Crippen LogP contribution in [0.4, 0.5) is 14.5 Å². The fraction of sp³-hybridized carbons (Fsp3) is 0.0909. The molecule has 108 valence electrons. The van der Waals surface area contributed by atoms with E-state index in [9.17, 15) is 17.2 Å². The van der Waals surface area contributed by atoms with Crippen LogP contribution in [-0.4, -0.2) is 13.5 Å². The molecule has 0 radical (unpaired) electrons. The predicted molar refractivity (Wildman–Crippen MR) is 72.4 cm³/mol. The van der Waals surface area contributed by atoms with Gasteiger partial charge in [-0.15, -0.1) is 11.3 Å². The van der Waals surface area contributed by atoms with E-state index < -0.39 is 27.3 Å². The molecule has 0 aliphatic carbocycles. The molecule has 2 N–H and O–H groups in total. The zero-order valence-corrected chi connectivity index (χ0v) is 12.1. The molecule has 9 heteroatoms. The maximum Gasteiger partial charge on any atom is 0.271 e. The first-order chi connectivity index (χ1) is 9.33. The third-order valence-corrected chi connectivity index (χ3v) is 5.51. The van der Waals surface area contributed by atoms with Crippen molar-refractivity contribution in [3.63, 3.8) is 0 Å². The van der Waals surface area contributed by atoms with Crippen LogP contribution >= 0.6 is 22.9 Å². The highest BCUT2D eigenvalue weighted by Gasteiger charge is 2.21. The van der Waals surface area contributed by atoms with E-state index in [1.807, 2.05) is 4.72 Å². The molecule has 0 amide bonds. The maximum atomic E-state index is 13.5. The standard InChI is InChI=1S/C11H8ClF2NO3S2/c12-8-3-6(13)4-9(14)11(8)15-20(17,18)10-2-1-7(5-16)19-10/h1-4,15-16H,5H2. The third-order valence-electron chi connectivity index (χ3n) is 2.30. The fourth-order valence-electron chi connectivity index (χ4n) is 1.41. The zero-order valence-electron chi connectivity index (χ0n) is 9.73. The van der Waals surface area contributed by atoms with Crippen molar-refractivity contribution in [3.05, 3.63) is 45.8 Å². The van der Waals surface area contributed by atoms with Crippen LogP contribution < -0.4 is 4.72 Å². The van der Waals surface area contributed by atoms with Gasteiger partial charge in [-0.1, -0.05) is 11.6 Å². The van der Waals surface area contributed by atoms with Gasteiger partial charge in [0.1, 0.15) is 15.7 Å². The Morgan fingerprint density at radius 3 is 2.55 bits per heavy atom. The van der Waals surface area contributed by atoms with Crippen molar-refractivity contribution in [1.29, 1.82) is 0 Å². The van der Waals surface area contributed by atoms with Gasteiger partial charge in [0.25, 0.3) is 10.0 Å². The van der Waals surface area contributed by atoms with Crippen molar-refractivity contribution in [2.75, 3.05) is 4.72 Å². The van der Waals surface area contributed by atoms with Crippen LogP contribution in [0.3, 0.4) is 0 Å². The van der Waals surface area contributed by atoms with Crippen molar-refractivity contribution >= 4 is 38.6 Å². The van der Waals surface area contributed by atoms with Gasteiger partial charge in [0.05, 0.1) is 11.6 Å². The van der Waals surface area contributed by atoms with Gasteiger partial charge in [-0.2, -0.15) is 0 Å². The summed E-state index contributed by atoms with van der Waals surface area (Å²) in [6, 6.07) is 4.03. The number of rotatable bonds is 4. The lowest BCUT2D eigenvalue weighted by Gasteiger charge is -2.09. The molecule has 20 heavy (non-hydrogen) atoms. The molecule has 0 fully saturated rings. The molecule has 0 aliphatic heterocycles. The minimum atomic E-state index is -4.05. The molecule has 4 nitrogen and oxygen atoms in total. The molecule has 1 aromatic carbocycles. The average Bonchev–Trinajstić information content (AvgIpc) is 2.83. The van der Waals surface area contributed by atoms with Gasteiger partial charge in [-0.3, -0.25) is 4.72 Å². The smallest absolute Gasteiger partial charge is 0.271 e. The lowest BCUT2D eigenvalue weighted by Crippen LogP contribution is -2.13. The van der Waals surface area contributed by atoms with Crippen LogP contribution in [0.2, 0.25) is 5.02 Å². The van der Waals surface area contributed by atoms with Gasteiger partial charge in [0.2, 0.25) is 0 Å². The Hall–Kier alpha value is -1.22. The summed E-state index contributed by atoms with van der Waals surface area (Å²) in [6.07, 6.45) is 0. The van der Waals surface area contributed by atoms with Crippen molar-refractivity contribution in [1.82, 2.24) is 0 Å². The monoisotopic (exact) mass is 339 g/mol. The lowest BCUT2D eigenvalue weighted by atomic mass is 10.3. The number of aliphatic hydroxyl groups is 1. The summed E-state index contributed by atoms with van der Waals surface area (Å²) in [7, 11) is -4.05. The molecule has 0 aliphatic rings. The number of hydrogen-bond acceptors (Lipinski definition) is 4. The van der Waals surface area contributed by atoms with E-state index in [4.69, 9.17) is 16.7 Å². The van der Waals surface area contributed by atoms with Crippen LogP contribution in [0.25, 0.3) is 0 Å². The van der Waals surface area contributed by atoms with Crippen LogP contribution in [0, 0.1) is 11.6 Å². The molecule has 0 saturated heterocycles. The summed E-state index contributed by atoms with van der Waals surface area (Å²) < 4.78 is 52.3. The molecule has 1 heterocycles. The Morgan fingerprint density at radius 1 is 1.30 bits per heavy atom. The molecule has 1 aromatic heterocycles. The second-order valence-electron chi connectivity index (χ2n) is 3.73. The Kier molecular flexibility index (Phi) is 4.28. The Balaban J connectivity index is 2.38. The molecule has 0 bridgehead atoms. The fourth-order valence-corrected chi connectivity index (χ4v) is 4.01. The summed E-state index contributed by atoms with van der Waals surface area (Å²) in [5, 5.41) is 8.51. The van der Waals surface area contributed by atoms with E-state index >= 15 is 0 Å². The minimum Gasteiger partial charge on any atom is -0.391 e. The van der Waals surface area contributed by atoms with E-state index in [0.717, 1.165) is 17.4 Å². The first kappa shape index (κ1) is 15.2. The topological polar surface area (TPSA) is 66.4 Å². The summed E-state index contributed by atoms with van der Waals surface area (Å²) in [5.74, 6) is -2.02. The van der Waals surface area contributed by atoms with Crippen molar-refractivity contribution in [2.45, 2.75) is 10.8 Å². The van der Waals surface area contributed by atoms with Gasteiger partial charge in [0.15, 0.2) is 5.82 Å². The molecular weight excluding hydrogens is 332 g/mol. The van der Waals surface area contributed by atoms with E-state index in [1.54, 1.807) is 0 Å². The number of nitrogens with one attached hydrogen (secondary N) is 1. The second kappa shape index (κ2) is 5.65. The molecule has 0 saturated carbocycles. The first-order valence-corrected chi connectivity index (χ1v) is 7.88. The van der Waals surface area contributed by atoms with Crippen molar-refractivity contribution < 1.29 is 22.3 Å². The van der Waals surface area contributed by atoms with Gasteiger partial charge in [-0.25, -0.2) is 17.2 Å². The number of benzene rings is 1. The molecule has 0 atom stereocenters. The van der Waals surface area contributed by atoms with E-state index in [1.165, 1.54) is 12.1 Å². The molecule has 0 spiro atoms. The average molecular weight is 340 g/mol. The van der Waals surface area contributed by atoms with Crippen molar-refractivity contribution in [2.24, 2.45) is 0 Å². The highest BCUT2D eigenvalue weighted by Crippen LogP contribution is 2.30. The minimum absolute atomic E-state index is 0.110. The maximum absolute atomic E-state index is 13.5. The number of aliphatic hydroxyl groups excluding tert-OH is 1. The van der Waals surface area contributed by atoms with Gasteiger partial charge >= 0.3 is 0 Å². The zero-order chi connectivity index (χ0) is 14.9. The lowest BCUT2D eigenvalue weighted by molar-refractivity contribution is 0.285. The van der Waals surface area contributed by atoms with Crippen LogP contribution in [-0.2, 0) is 16.6 Å². The first-order valence-electron chi connectivity index (χ1n) is 5.20. The highest BCUT2D eigenvalue weighted by atomic mass is 35.5. The van der Waals surface area contributed by atoms with E-state index in [-0.39, 0.29) is 15.8 Å². The van der Waals surface area contributed by atoms with E-state index in [2.05, 4.69) is 0 Å². The second-order valence-corrected chi connectivity index (χ2v) is 7.21. The van der Waals surface area contributed by atoms with Crippen LogP contribution in [0.15, 0.2) is 28.5 Å². The molecular formula is C11H8ClF2NO3S2. The highest BCUT2D eigenvalue weighted by molar-refractivity contribution is 7.94. The SMILES string of the molecule is O=S(=O)(Nc1c(F)cc(F)cc1Cl)c1ccc(CO)s1.